The highest BCUT2D eigenvalue weighted by atomic mass is 16.6. The Bertz CT molecular complexity index is 595. The van der Waals surface area contributed by atoms with Gasteiger partial charge in [-0.15, -0.1) is 0 Å². The number of fused-ring (bicyclic) bond motifs is 1. The van der Waals surface area contributed by atoms with Gasteiger partial charge in [0.1, 0.15) is 12.7 Å². The molecular formula is C17H21N3O3. The number of rotatable bonds is 7. The Hall–Kier alpha value is -2.26. The Morgan fingerprint density at radius 2 is 2.13 bits per heavy atom. The molecule has 0 radical (unpaired) electrons. The van der Waals surface area contributed by atoms with E-state index >= 15 is 0 Å². The van der Waals surface area contributed by atoms with Crippen molar-refractivity contribution < 1.29 is 14.3 Å². The first-order valence-corrected chi connectivity index (χ1v) is 8.02. The van der Waals surface area contributed by atoms with E-state index in [1.54, 1.807) is 0 Å². The maximum absolute atomic E-state index is 12.1. The summed E-state index contributed by atoms with van der Waals surface area (Å²) in [6.45, 7) is 1.85. The van der Waals surface area contributed by atoms with Crippen molar-refractivity contribution in [2.24, 2.45) is 0 Å². The molecule has 1 N–H and O–H groups in total. The van der Waals surface area contributed by atoms with Crippen LogP contribution in [-0.4, -0.2) is 49.2 Å². The van der Waals surface area contributed by atoms with Crippen molar-refractivity contribution >= 4 is 5.91 Å². The summed E-state index contributed by atoms with van der Waals surface area (Å²) >= 11 is 0. The number of ether oxygens (including phenoxy) is 2. The largest absolute Gasteiger partial charge is 0.486 e. The van der Waals surface area contributed by atoms with Gasteiger partial charge in [-0.05, 0) is 25.0 Å². The Morgan fingerprint density at radius 3 is 2.87 bits per heavy atom. The van der Waals surface area contributed by atoms with Crippen LogP contribution in [0.3, 0.4) is 0 Å². The predicted octanol–water partition coefficient (Wildman–Crippen LogP) is 1.32. The molecule has 1 amide bonds. The Balaban J connectivity index is 1.43. The summed E-state index contributed by atoms with van der Waals surface area (Å²) < 4.78 is 11.4. The Labute approximate surface area is 136 Å². The molecule has 1 aliphatic carbocycles. The van der Waals surface area contributed by atoms with Crippen LogP contribution in [0.4, 0.5) is 0 Å². The minimum atomic E-state index is -0.178. The van der Waals surface area contributed by atoms with Crippen LogP contribution in [0.1, 0.15) is 19.3 Å². The minimum absolute atomic E-state index is 0.0303. The minimum Gasteiger partial charge on any atom is -0.486 e. The molecule has 122 valence electrons. The van der Waals surface area contributed by atoms with Gasteiger partial charge in [-0.25, -0.2) is 0 Å². The molecule has 1 heterocycles. The number of nitriles is 1. The molecule has 2 aliphatic rings. The number of nitrogens with zero attached hydrogens (tertiary/aromatic N) is 2. The fraction of sp³-hybridized carbons (Fsp3) is 0.529. The molecule has 1 fully saturated rings. The molecule has 0 unspecified atom stereocenters. The van der Waals surface area contributed by atoms with E-state index in [0.29, 0.717) is 44.5 Å². The van der Waals surface area contributed by atoms with E-state index in [0.717, 1.165) is 18.6 Å². The van der Waals surface area contributed by atoms with E-state index in [1.807, 2.05) is 24.3 Å². The normalized spacial score (nSPS) is 19.2. The van der Waals surface area contributed by atoms with E-state index in [2.05, 4.69) is 16.3 Å². The summed E-state index contributed by atoms with van der Waals surface area (Å²) in [5, 5.41) is 11.6. The van der Waals surface area contributed by atoms with Gasteiger partial charge < -0.3 is 14.8 Å². The van der Waals surface area contributed by atoms with Crippen LogP contribution in [0.15, 0.2) is 24.3 Å². The molecule has 0 spiro atoms. The number of para-hydroxylation sites is 2. The summed E-state index contributed by atoms with van der Waals surface area (Å²) in [7, 11) is 0. The zero-order valence-corrected chi connectivity index (χ0v) is 13.0. The van der Waals surface area contributed by atoms with E-state index in [9.17, 15) is 4.79 Å². The molecule has 23 heavy (non-hydrogen) atoms. The van der Waals surface area contributed by atoms with Gasteiger partial charge in [0.2, 0.25) is 5.91 Å². The lowest BCUT2D eigenvalue weighted by atomic mass is 10.2. The second kappa shape index (κ2) is 7.34. The summed E-state index contributed by atoms with van der Waals surface area (Å²) in [5.74, 6) is 1.43. The molecule has 6 heteroatoms. The van der Waals surface area contributed by atoms with Crippen LogP contribution >= 0.6 is 0 Å². The monoisotopic (exact) mass is 315 g/mol. The first-order chi connectivity index (χ1) is 11.3. The van der Waals surface area contributed by atoms with Gasteiger partial charge in [-0.2, -0.15) is 5.26 Å². The van der Waals surface area contributed by atoms with E-state index in [1.165, 1.54) is 0 Å². The van der Waals surface area contributed by atoms with Gasteiger partial charge in [-0.3, -0.25) is 9.69 Å². The van der Waals surface area contributed by atoms with Crippen LogP contribution in [0.25, 0.3) is 0 Å². The first-order valence-electron chi connectivity index (χ1n) is 8.02. The number of hydrogen-bond donors (Lipinski definition) is 1. The average molecular weight is 315 g/mol. The van der Waals surface area contributed by atoms with Crippen molar-refractivity contribution in [2.75, 3.05) is 26.2 Å². The van der Waals surface area contributed by atoms with E-state index in [4.69, 9.17) is 14.7 Å². The van der Waals surface area contributed by atoms with E-state index < -0.39 is 0 Å². The van der Waals surface area contributed by atoms with Crippen molar-refractivity contribution in [2.45, 2.75) is 31.4 Å². The van der Waals surface area contributed by atoms with Crippen LogP contribution < -0.4 is 14.8 Å². The first kappa shape index (κ1) is 15.6. The third-order valence-corrected chi connectivity index (χ3v) is 4.02. The molecule has 3 rings (SSSR count). The summed E-state index contributed by atoms with van der Waals surface area (Å²) in [4.78, 5) is 14.2. The Morgan fingerprint density at radius 1 is 1.35 bits per heavy atom. The molecule has 0 bridgehead atoms. The van der Waals surface area contributed by atoms with Crippen molar-refractivity contribution in [1.29, 1.82) is 5.26 Å². The van der Waals surface area contributed by atoms with Crippen molar-refractivity contribution in [3.63, 3.8) is 0 Å². The number of carbonyl (C=O) groups is 1. The number of nitrogens with one attached hydrogen (secondary N) is 1. The predicted molar refractivity (Wildman–Crippen MR) is 84.2 cm³/mol. The molecule has 6 nitrogen and oxygen atoms in total. The lowest BCUT2D eigenvalue weighted by Crippen LogP contribution is -2.44. The maximum atomic E-state index is 12.1. The SMILES string of the molecule is N#CCCN(CC(=O)NC[C@H]1COc2ccccc2O1)C1CC1. The summed E-state index contributed by atoms with van der Waals surface area (Å²) in [6.07, 6.45) is 2.52. The molecule has 1 aromatic carbocycles. The highest BCUT2D eigenvalue weighted by Gasteiger charge is 2.30. The zero-order valence-electron chi connectivity index (χ0n) is 13.0. The third kappa shape index (κ3) is 4.36. The second-order valence-electron chi connectivity index (χ2n) is 5.91. The van der Waals surface area contributed by atoms with Gasteiger partial charge in [-0.1, -0.05) is 12.1 Å². The van der Waals surface area contributed by atoms with Gasteiger partial charge in [0.25, 0.3) is 0 Å². The number of hydrogen-bond acceptors (Lipinski definition) is 5. The smallest absolute Gasteiger partial charge is 0.234 e. The molecule has 1 aliphatic heterocycles. The van der Waals surface area contributed by atoms with E-state index in [-0.39, 0.29) is 12.0 Å². The van der Waals surface area contributed by atoms with Crippen molar-refractivity contribution in [3.05, 3.63) is 24.3 Å². The van der Waals surface area contributed by atoms with Gasteiger partial charge in [0, 0.05) is 19.0 Å². The fourth-order valence-corrected chi connectivity index (χ4v) is 2.66. The summed E-state index contributed by atoms with van der Waals surface area (Å²) in [5.41, 5.74) is 0. The molecular weight excluding hydrogens is 294 g/mol. The zero-order chi connectivity index (χ0) is 16.1. The molecule has 1 aromatic rings. The number of benzene rings is 1. The highest BCUT2D eigenvalue weighted by Crippen LogP contribution is 2.30. The van der Waals surface area contributed by atoms with Crippen LogP contribution in [-0.2, 0) is 4.79 Å². The molecule has 0 aromatic heterocycles. The second-order valence-corrected chi connectivity index (χ2v) is 5.91. The van der Waals surface area contributed by atoms with Gasteiger partial charge in [0.05, 0.1) is 19.2 Å². The quantitative estimate of drug-likeness (QED) is 0.821. The lowest BCUT2D eigenvalue weighted by molar-refractivity contribution is -0.122. The van der Waals surface area contributed by atoms with Crippen LogP contribution in [0.5, 0.6) is 11.5 Å². The van der Waals surface area contributed by atoms with Gasteiger partial charge >= 0.3 is 0 Å². The van der Waals surface area contributed by atoms with Crippen molar-refractivity contribution in [1.82, 2.24) is 10.2 Å². The molecule has 0 saturated heterocycles. The molecule has 1 saturated carbocycles. The average Bonchev–Trinajstić information content (AvgIpc) is 3.41. The third-order valence-electron chi connectivity index (χ3n) is 4.02. The van der Waals surface area contributed by atoms with Crippen LogP contribution in [0, 0.1) is 11.3 Å². The number of carbonyl (C=O) groups excluding carboxylic acids is 1. The van der Waals surface area contributed by atoms with Crippen LogP contribution in [0.2, 0.25) is 0 Å². The lowest BCUT2D eigenvalue weighted by Gasteiger charge is -2.27. The highest BCUT2D eigenvalue weighted by molar-refractivity contribution is 5.78. The Kier molecular flexibility index (Phi) is 4.99. The number of amides is 1. The van der Waals surface area contributed by atoms with Gasteiger partial charge in [0.15, 0.2) is 11.5 Å². The standard InChI is InChI=1S/C17H21N3O3/c18-8-3-9-20(13-6-7-13)11-17(21)19-10-14-12-22-15-4-1-2-5-16(15)23-14/h1-2,4-5,13-14H,3,6-7,9-12H2,(H,19,21)/t14-/m0/s1. The topological polar surface area (TPSA) is 74.6 Å². The van der Waals surface area contributed by atoms with Crippen molar-refractivity contribution in [3.8, 4) is 17.6 Å². The summed E-state index contributed by atoms with van der Waals surface area (Å²) in [6, 6.07) is 10.1. The molecule has 1 atom stereocenters. The maximum Gasteiger partial charge on any atom is 0.234 e. The fourth-order valence-electron chi connectivity index (χ4n) is 2.66.